The van der Waals surface area contributed by atoms with Crippen molar-refractivity contribution in [2.45, 2.75) is 12.7 Å². The minimum absolute atomic E-state index is 0.176. The Labute approximate surface area is 103 Å². The van der Waals surface area contributed by atoms with Crippen LogP contribution in [-0.2, 0) is 9.47 Å². The predicted molar refractivity (Wildman–Crippen MR) is 67.2 cm³/mol. The Balaban J connectivity index is 1.98. The van der Waals surface area contributed by atoms with Crippen LogP contribution in [0, 0.1) is 0 Å². The van der Waals surface area contributed by atoms with Crippen LogP contribution in [0.15, 0.2) is 30.3 Å². The summed E-state index contributed by atoms with van der Waals surface area (Å²) in [6.07, 6.45) is 0.778. The highest BCUT2D eigenvalue weighted by Gasteiger charge is 2.02. The molecule has 0 saturated heterocycles. The number of ether oxygens (including phenoxy) is 3. The maximum atomic E-state index is 5.56. The van der Waals surface area contributed by atoms with Crippen molar-refractivity contribution in [2.75, 3.05) is 33.9 Å². The maximum Gasteiger partial charge on any atom is 0.169 e. The molecule has 0 spiro atoms. The Bertz CT molecular complexity index is 275. The molecule has 96 valence electrons. The summed E-state index contributed by atoms with van der Waals surface area (Å²) < 4.78 is 15.7. The summed E-state index contributed by atoms with van der Waals surface area (Å²) in [6, 6.07) is 9.83. The lowest BCUT2D eigenvalue weighted by Crippen LogP contribution is -2.30. The lowest BCUT2D eigenvalue weighted by atomic mass is 10.3. The molecule has 0 amide bonds. The second-order valence-electron chi connectivity index (χ2n) is 3.62. The van der Waals surface area contributed by atoms with Gasteiger partial charge in [-0.05, 0) is 25.1 Å². The summed E-state index contributed by atoms with van der Waals surface area (Å²) in [4.78, 5) is 0. The zero-order valence-corrected chi connectivity index (χ0v) is 10.5. The van der Waals surface area contributed by atoms with E-state index in [2.05, 4.69) is 5.32 Å². The van der Waals surface area contributed by atoms with Crippen LogP contribution in [0.5, 0.6) is 5.75 Å². The highest BCUT2D eigenvalue weighted by atomic mass is 16.7. The first-order valence-electron chi connectivity index (χ1n) is 5.81. The van der Waals surface area contributed by atoms with Crippen LogP contribution in [0.1, 0.15) is 6.42 Å². The van der Waals surface area contributed by atoms with E-state index in [0.29, 0.717) is 13.2 Å². The van der Waals surface area contributed by atoms with Gasteiger partial charge in [-0.1, -0.05) is 18.2 Å². The van der Waals surface area contributed by atoms with Crippen molar-refractivity contribution in [3.8, 4) is 5.75 Å². The molecule has 0 aliphatic rings. The van der Waals surface area contributed by atoms with Gasteiger partial charge in [0.15, 0.2) is 6.29 Å². The largest absolute Gasteiger partial charge is 0.494 e. The SMILES string of the molecule is COC(CNCCCOc1ccccc1)OC. The first-order valence-corrected chi connectivity index (χ1v) is 5.81. The van der Waals surface area contributed by atoms with Gasteiger partial charge in [-0.2, -0.15) is 0 Å². The average Bonchev–Trinajstić information content (AvgIpc) is 2.39. The van der Waals surface area contributed by atoms with Gasteiger partial charge in [0, 0.05) is 20.8 Å². The number of methoxy groups -OCH3 is 2. The first kappa shape index (κ1) is 14.0. The molecule has 0 radical (unpaired) electrons. The van der Waals surface area contributed by atoms with E-state index in [9.17, 15) is 0 Å². The van der Waals surface area contributed by atoms with Gasteiger partial charge in [0.25, 0.3) is 0 Å². The molecule has 0 saturated carbocycles. The molecule has 4 nitrogen and oxygen atoms in total. The number of nitrogens with one attached hydrogen (secondary N) is 1. The summed E-state index contributed by atoms with van der Waals surface area (Å²) in [5, 5.41) is 3.24. The summed E-state index contributed by atoms with van der Waals surface area (Å²) in [5.41, 5.74) is 0. The van der Waals surface area contributed by atoms with Gasteiger partial charge >= 0.3 is 0 Å². The third-order valence-corrected chi connectivity index (χ3v) is 2.35. The summed E-state index contributed by atoms with van der Waals surface area (Å²) in [5.74, 6) is 0.916. The minimum Gasteiger partial charge on any atom is -0.494 e. The molecule has 0 bridgehead atoms. The van der Waals surface area contributed by atoms with E-state index in [1.165, 1.54) is 0 Å². The molecule has 0 aliphatic carbocycles. The summed E-state index contributed by atoms with van der Waals surface area (Å²) >= 11 is 0. The fraction of sp³-hybridized carbons (Fsp3) is 0.538. The Morgan fingerprint density at radius 1 is 1.12 bits per heavy atom. The monoisotopic (exact) mass is 239 g/mol. The van der Waals surface area contributed by atoms with E-state index < -0.39 is 0 Å². The number of benzene rings is 1. The van der Waals surface area contributed by atoms with Crippen molar-refractivity contribution in [1.82, 2.24) is 5.32 Å². The molecule has 0 heterocycles. The number of para-hydroxylation sites is 1. The van der Waals surface area contributed by atoms with Gasteiger partial charge in [0.1, 0.15) is 5.75 Å². The van der Waals surface area contributed by atoms with Crippen molar-refractivity contribution >= 4 is 0 Å². The van der Waals surface area contributed by atoms with Gasteiger partial charge in [-0.25, -0.2) is 0 Å². The molecule has 0 unspecified atom stereocenters. The van der Waals surface area contributed by atoms with E-state index in [1.54, 1.807) is 14.2 Å². The number of rotatable bonds is 9. The van der Waals surface area contributed by atoms with Crippen LogP contribution in [0.25, 0.3) is 0 Å². The van der Waals surface area contributed by atoms with Crippen molar-refractivity contribution in [3.63, 3.8) is 0 Å². The molecule has 0 aliphatic heterocycles. The lowest BCUT2D eigenvalue weighted by Gasteiger charge is -2.14. The lowest BCUT2D eigenvalue weighted by molar-refractivity contribution is -0.0987. The molecule has 0 atom stereocenters. The zero-order valence-electron chi connectivity index (χ0n) is 10.5. The average molecular weight is 239 g/mol. The van der Waals surface area contributed by atoms with Crippen molar-refractivity contribution in [3.05, 3.63) is 30.3 Å². The van der Waals surface area contributed by atoms with Crippen molar-refractivity contribution < 1.29 is 14.2 Å². The molecule has 1 aromatic carbocycles. The molecule has 1 N–H and O–H groups in total. The second kappa shape index (κ2) is 8.98. The van der Waals surface area contributed by atoms with Crippen LogP contribution in [0.2, 0.25) is 0 Å². The molecule has 1 rings (SSSR count). The van der Waals surface area contributed by atoms with Gasteiger partial charge < -0.3 is 19.5 Å². The molecular formula is C13H21NO3. The third kappa shape index (κ3) is 6.26. The topological polar surface area (TPSA) is 39.7 Å². The standard InChI is InChI=1S/C13H21NO3/c1-15-13(16-2)11-14-9-6-10-17-12-7-4-3-5-8-12/h3-5,7-8,13-14H,6,9-11H2,1-2H3. The van der Waals surface area contributed by atoms with E-state index in [1.807, 2.05) is 30.3 Å². The third-order valence-electron chi connectivity index (χ3n) is 2.35. The van der Waals surface area contributed by atoms with E-state index in [4.69, 9.17) is 14.2 Å². The van der Waals surface area contributed by atoms with Crippen molar-refractivity contribution in [1.29, 1.82) is 0 Å². The Hall–Kier alpha value is -1.10. The molecule has 0 fully saturated rings. The quantitative estimate of drug-likeness (QED) is 0.525. The van der Waals surface area contributed by atoms with E-state index in [-0.39, 0.29) is 6.29 Å². The van der Waals surface area contributed by atoms with Gasteiger partial charge in [-0.15, -0.1) is 0 Å². The van der Waals surface area contributed by atoms with Crippen LogP contribution >= 0.6 is 0 Å². The van der Waals surface area contributed by atoms with Crippen LogP contribution in [0.4, 0.5) is 0 Å². The van der Waals surface area contributed by atoms with Gasteiger partial charge in [0.05, 0.1) is 6.61 Å². The molecule has 1 aromatic rings. The molecule has 17 heavy (non-hydrogen) atoms. The highest BCUT2D eigenvalue weighted by Crippen LogP contribution is 2.07. The van der Waals surface area contributed by atoms with E-state index >= 15 is 0 Å². The smallest absolute Gasteiger partial charge is 0.169 e. The predicted octanol–water partition coefficient (Wildman–Crippen LogP) is 1.66. The van der Waals surface area contributed by atoms with Crippen LogP contribution in [-0.4, -0.2) is 40.2 Å². The normalized spacial score (nSPS) is 10.8. The van der Waals surface area contributed by atoms with Crippen LogP contribution in [0.3, 0.4) is 0 Å². The maximum absolute atomic E-state index is 5.56. The van der Waals surface area contributed by atoms with E-state index in [0.717, 1.165) is 18.7 Å². The Kier molecular flexibility index (Phi) is 7.38. The number of hydrogen-bond acceptors (Lipinski definition) is 4. The molecular weight excluding hydrogens is 218 g/mol. The minimum atomic E-state index is -0.176. The van der Waals surface area contributed by atoms with Gasteiger partial charge in [0.2, 0.25) is 0 Å². The number of hydrogen-bond donors (Lipinski definition) is 1. The summed E-state index contributed by atoms with van der Waals surface area (Å²) in [6.45, 7) is 2.29. The fourth-order valence-corrected chi connectivity index (χ4v) is 1.39. The fourth-order valence-electron chi connectivity index (χ4n) is 1.39. The zero-order chi connectivity index (χ0) is 12.3. The Morgan fingerprint density at radius 3 is 2.47 bits per heavy atom. The van der Waals surface area contributed by atoms with Gasteiger partial charge in [-0.3, -0.25) is 0 Å². The summed E-state index contributed by atoms with van der Waals surface area (Å²) in [7, 11) is 3.27. The van der Waals surface area contributed by atoms with Crippen LogP contribution < -0.4 is 10.1 Å². The molecule has 0 aromatic heterocycles. The first-order chi connectivity index (χ1) is 8.36. The second-order valence-corrected chi connectivity index (χ2v) is 3.62. The Morgan fingerprint density at radius 2 is 1.82 bits per heavy atom. The molecule has 4 heteroatoms. The highest BCUT2D eigenvalue weighted by molar-refractivity contribution is 5.20. The van der Waals surface area contributed by atoms with Crippen molar-refractivity contribution in [2.24, 2.45) is 0 Å².